The summed E-state index contributed by atoms with van der Waals surface area (Å²) in [7, 11) is 2.85. The SMILES string of the molecule is COCC(NC(=O)N(C)c1ccc(O)cc1)C(=O)O. The highest BCUT2D eigenvalue weighted by atomic mass is 16.5. The van der Waals surface area contributed by atoms with Crippen LogP contribution in [0.5, 0.6) is 5.75 Å². The fraction of sp³-hybridized carbons (Fsp3) is 0.333. The fourth-order valence-electron chi connectivity index (χ4n) is 1.38. The molecule has 1 rings (SSSR count). The van der Waals surface area contributed by atoms with Crippen LogP contribution in [0.15, 0.2) is 24.3 Å². The van der Waals surface area contributed by atoms with Crippen LogP contribution in [0.2, 0.25) is 0 Å². The number of methoxy groups -OCH3 is 1. The van der Waals surface area contributed by atoms with Crippen molar-refractivity contribution in [2.75, 3.05) is 25.7 Å². The lowest BCUT2D eigenvalue weighted by Gasteiger charge is -2.21. The van der Waals surface area contributed by atoms with Crippen LogP contribution in [0.25, 0.3) is 0 Å². The van der Waals surface area contributed by atoms with Crippen LogP contribution in [0.4, 0.5) is 10.5 Å². The number of nitrogens with zero attached hydrogens (tertiary/aromatic N) is 1. The third-order valence-electron chi connectivity index (χ3n) is 2.47. The molecule has 0 heterocycles. The van der Waals surface area contributed by atoms with Crippen LogP contribution in [0, 0.1) is 0 Å². The highest BCUT2D eigenvalue weighted by molar-refractivity contribution is 5.94. The first-order chi connectivity index (χ1) is 8.95. The third kappa shape index (κ3) is 4.14. The number of anilines is 1. The molecule has 0 fully saturated rings. The molecule has 0 aliphatic rings. The molecule has 104 valence electrons. The molecule has 1 aromatic rings. The first-order valence-electron chi connectivity index (χ1n) is 5.50. The van der Waals surface area contributed by atoms with Gasteiger partial charge in [0, 0.05) is 19.8 Å². The van der Waals surface area contributed by atoms with Crippen molar-refractivity contribution in [2.24, 2.45) is 0 Å². The van der Waals surface area contributed by atoms with E-state index in [1.54, 1.807) is 12.1 Å². The van der Waals surface area contributed by atoms with Crippen molar-refractivity contribution < 1.29 is 24.5 Å². The minimum Gasteiger partial charge on any atom is -0.508 e. The van der Waals surface area contributed by atoms with Crippen molar-refractivity contribution in [3.8, 4) is 5.75 Å². The molecular weight excluding hydrogens is 252 g/mol. The van der Waals surface area contributed by atoms with Crippen molar-refractivity contribution in [1.82, 2.24) is 5.32 Å². The lowest BCUT2D eigenvalue weighted by atomic mass is 10.3. The Hall–Kier alpha value is -2.28. The van der Waals surface area contributed by atoms with E-state index >= 15 is 0 Å². The number of urea groups is 1. The number of rotatable bonds is 5. The summed E-state index contributed by atoms with van der Waals surface area (Å²) in [6.07, 6.45) is 0. The lowest BCUT2D eigenvalue weighted by molar-refractivity contribution is -0.140. The molecule has 0 aromatic heterocycles. The predicted molar refractivity (Wildman–Crippen MR) is 68.3 cm³/mol. The van der Waals surface area contributed by atoms with Gasteiger partial charge in [-0.25, -0.2) is 9.59 Å². The zero-order chi connectivity index (χ0) is 14.4. The number of carbonyl (C=O) groups excluding carboxylic acids is 1. The van der Waals surface area contributed by atoms with Gasteiger partial charge in [0.05, 0.1) is 6.61 Å². The summed E-state index contributed by atoms with van der Waals surface area (Å²) in [5.74, 6) is -1.09. The van der Waals surface area contributed by atoms with Gasteiger partial charge in [-0.05, 0) is 24.3 Å². The first kappa shape index (κ1) is 14.8. The van der Waals surface area contributed by atoms with Gasteiger partial charge in [-0.1, -0.05) is 0 Å². The second-order valence-corrected chi connectivity index (χ2v) is 3.87. The Kier molecular flexibility index (Phi) is 5.13. The van der Waals surface area contributed by atoms with E-state index in [9.17, 15) is 9.59 Å². The number of carboxylic acid groups (broad SMARTS) is 1. The highest BCUT2D eigenvalue weighted by Crippen LogP contribution is 2.17. The van der Waals surface area contributed by atoms with Gasteiger partial charge in [-0.2, -0.15) is 0 Å². The summed E-state index contributed by atoms with van der Waals surface area (Å²) >= 11 is 0. The first-order valence-corrected chi connectivity index (χ1v) is 5.50. The van der Waals surface area contributed by atoms with Gasteiger partial charge in [-0.15, -0.1) is 0 Å². The number of hydrogen-bond acceptors (Lipinski definition) is 4. The Morgan fingerprint density at radius 1 is 1.37 bits per heavy atom. The van der Waals surface area contributed by atoms with Crippen molar-refractivity contribution in [3.63, 3.8) is 0 Å². The topological polar surface area (TPSA) is 99.1 Å². The summed E-state index contributed by atoms with van der Waals surface area (Å²) in [5.41, 5.74) is 0.525. The second kappa shape index (κ2) is 6.60. The second-order valence-electron chi connectivity index (χ2n) is 3.87. The summed E-state index contributed by atoms with van der Waals surface area (Å²) in [6, 6.07) is 4.26. The molecule has 3 N–H and O–H groups in total. The molecule has 1 aromatic carbocycles. The molecule has 7 heteroatoms. The molecule has 0 saturated carbocycles. The number of carboxylic acids is 1. The van der Waals surface area contributed by atoms with Crippen molar-refractivity contribution in [2.45, 2.75) is 6.04 Å². The van der Waals surface area contributed by atoms with Gasteiger partial charge in [0.15, 0.2) is 6.04 Å². The van der Waals surface area contributed by atoms with E-state index < -0.39 is 18.0 Å². The minimum absolute atomic E-state index is 0.0837. The van der Waals surface area contributed by atoms with Gasteiger partial charge in [0.25, 0.3) is 0 Å². The van der Waals surface area contributed by atoms with E-state index in [0.717, 1.165) is 0 Å². The fourth-order valence-corrected chi connectivity index (χ4v) is 1.38. The molecule has 0 bridgehead atoms. The van der Waals surface area contributed by atoms with Crippen molar-refractivity contribution in [3.05, 3.63) is 24.3 Å². The van der Waals surface area contributed by atoms with Crippen LogP contribution in [0.3, 0.4) is 0 Å². The minimum atomic E-state index is -1.17. The number of aliphatic carboxylic acids is 1. The Bertz CT molecular complexity index is 446. The molecule has 0 aliphatic heterocycles. The van der Waals surface area contributed by atoms with E-state index in [1.165, 1.54) is 31.2 Å². The maximum absolute atomic E-state index is 11.9. The van der Waals surface area contributed by atoms with Gasteiger partial charge < -0.3 is 20.3 Å². The summed E-state index contributed by atoms with van der Waals surface area (Å²) < 4.78 is 4.72. The summed E-state index contributed by atoms with van der Waals surface area (Å²) in [5, 5.41) is 20.4. The number of amides is 2. The number of aromatic hydroxyl groups is 1. The van der Waals surface area contributed by atoms with E-state index in [-0.39, 0.29) is 12.4 Å². The molecule has 2 amide bonds. The Morgan fingerprint density at radius 2 is 1.95 bits per heavy atom. The van der Waals surface area contributed by atoms with Gasteiger partial charge >= 0.3 is 12.0 Å². The van der Waals surface area contributed by atoms with Crippen LogP contribution >= 0.6 is 0 Å². The Morgan fingerprint density at radius 3 is 2.42 bits per heavy atom. The summed E-state index contributed by atoms with van der Waals surface area (Å²) in [4.78, 5) is 24.0. The zero-order valence-electron chi connectivity index (χ0n) is 10.7. The van der Waals surface area contributed by atoms with Crippen molar-refractivity contribution >= 4 is 17.7 Å². The van der Waals surface area contributed by atoms with Crippen LogP contribution in [-0.4, -0.2) is 49.0 Å². The highest BCUT2D eigenvalue weighted by Gasteiger charge is 2.22. The van der Waals surface area contributed by atoms with E-state index in [2.05, 4.69) is 5.32 Å². The number of phenolic OH excluding ortho intramolecular Hbond substituents is 1. The lowest BCUT2D eigenvalue weighted by Crippen LogP contribution is -2.48. The quantitative estimate of drug-likeness (QED) is 0.727. The molecular formula is C12H16N2O5. The zero-order valence-corrected chi connectivity index (χ0v) is 10.7. The van der Waals surface area contributed by atoms with Crippen LogP contribution < -0.4 is 10.2 Å². The Labute approximate surface area is 110 Å². The smallest absolute Gasteiger partial charge is 0.328 e. The molecule has 1 unspecified atom stereocenters. The van der Waals surface area contributed by atoms with E-state index in [0.29, 0.717) is 5.69 Å². The van der Waals surface area contributed by atoms with Crippen molar-refractivity contribution in [1.29, 1.82) is 0 Å². The van der Waals surface area contributed by atoms with Gasteiger partial charge in [0.1, 0.15) is 5.75 Å². The average molecular weight is 268 g/mol. The molecule has 0 aliphatic carbocycles. The van der Waals surface area contributed by atoms with Crippen LogP contribution in [-0.2, 0) is 9.53 Å². The molecule has 0 spiro atoms. The number of ether oxygens (including phenoxy) is 1. The average Bonchev–Trinajstić information content (AvgIpc) is 2.38. The molecule has 19 heavy (non-hydrogen) atoms. The number of nitrogens with one attached hydrogen (secondary N) is 1. The van der Waals surface area contributed by atoms with E-state index in [1.807, 2.05) is 0 Å². The molecule has 1 atom stereocenters. The molecule has 0 saturated heterocycles. The van der Waals surface area contributed by atoms with Gasteiger partial charge in [-0.3, -0.25) is 4.90 Å². The predicted octanol–water partition coefficient (Wildman–Crippen LogP) is 0.638. The third-order valence-corrected chi connectivity index (χ3v) is 2.47. The normalized spacial score (nSPS) is 11.7. The molecule has 7 nitrogen and oxygen atoms in total. The number of carbonyl (C=O) groups is 2. The summed E-state index contributed by atoms with van der Waals surface area (Å²) in [6.45, 7) is -0.121. The maximum atomic E-state index is 11.9. The Balaban J connectivity index is 2.71. The largest absolute Gasteiger partial charge is 0.508 e. The maximum Gasteiger partial charge on any atom is 0.328 e. The van der Waals surface area contributed by atoms with Gasteiger partial charge in [0.2, 0.25) is 0 Å². The number of phenols is 1. The van der Waals surface area contributed by atoms with Crippen LogP contribution in [0.1, 0.15) is 0 Å². The monoisotopic (exact) mass is 268 g/mol. The number of hydrogen-bond donors (Lipinski definition) is 3. The molecule has 0 radical (unpaired) electrons. The standard InChI is InChI=1S/C12H16N2O5/c1-14(8-3-5-9(15)6-4-8)12(18)13-10(7-19-2)11(16)17/h3-6,10,15H,7H2,1-2H3,(H,13,18)(H,16,17). The van der Waals surface area contributed by atoms with E-state index in [4.69, 9.17) is 14.9 Å². The number of benzene rings is 1.